The van der Waals surface area contributed by atoms with Gasteiger partial charge in [0.2, 0.25) is 5.95 Å². The van der Waals surface area contributed by atoms with Gasteiger partial charge in [0.05, 0.1) is 11.7 Å². The lowest BCUT2D eigenvalue weighted by molar-refractivity contribution is 0.0598. The zero-order chi connectivity index (χ0) is 20.7. The molecule has 2 saturated heterocycles. The number of anilines is 1. The van der Waals surface area contributed by atoms with E-state index in [1.165, 1.54) is 25.0 Å². The summed E-state index contributed by atoms with van der Waals surface area (Å²) in [5.74, 6) is 0.126. The molecule has 0 aliphatic carbocycles. The standard InChI is InChI=1S/C22H25FN6O/c1-15-14-29-20(25-21(15)27-10-4-5-11-27)13-17(26-29)18-8-2-3-12-28(18)22(30)16-7-6-9-19(23)24-16/h6-7,9,13-14,18H,2-5,8,10-12H2,1H3. The van der Waals surface area contributed by atoms with E-state index in [1.54, 1.807) is 11.0 Å². The fraction of sp³-hybridized carbons (Fsp3) is 0.455. The highest BCUT2D eigenvalue weighted by Gasteiger charge is 2.31. The lowest BCUT2D eigenvalue weighted by atomic mass is 9.99. The summed E-state index contributed by atoms with van der Waals surface area (Å²) in [6.45, 7) is 4.75. The zero-order valence-electron chi connectivity index (χ0n) is 17.1. The molecule has 0 N–H and O–H groups in total. The first-order valence-electron chi connectivity index (χ1n) is 10.7. The minimum atomic E-state index is -0.642. The molecule has 1 atom stereocenters. The molecule has 8 heteroatoms. The first kappa shape index (κ1) is 19.0. The van der Waals surface area contributed by atoms with Crippen molar-refractivity contribution in [3.8, 4) is 0 Å². The third kappa shape index (κ3) is 3.40. The molecule has 2 aliphatic heterocycles. The number of nitrogens with zero attached hydrogens (tertiary/aromatic N) is 6. The maximum Gasteiger partial charge on any atom is 0.273 e. The van der Waals surface area contributed by atoms with Crippen LogP contribution in [0.25, 0.3) is 5.65 Å². The van der Waals surface area contributed by atoms with Gasteiger partial charge in [0.1, 0.15) is 11.5 Å². The van der Waals surface area contributed by atoms with Crippen LogP contribution in [0.3, 0.4) is 0 Å². The summed E-state index contributed by atoms with van der Waals surface area (Å²) in [6.07, 6.45) is 7.17. The molecule has 2 fully saturated rings. The first-order valence-corrected chi connectivity index (χ1v) is 10.7. The van der Waals surface area contributed by atoms with Crippen LogP contribution in [0.15, 0.2) is 30.5 Å². The SMILES string of the molecule is Cc1cn2nc(C3CCCCN3C(=O)c3cccc(F)n3)cc2nc1N1CCCC1. The predicted molar refractivity (Wildman–Crippen MR) is 111 cm³/mol. The van der Waals surface area contributed by atoms with E-state index >= 15 is 0 Å². The molecule has 3 aromatic rings. The van der Waals surface area contributed by atoms with Crippen LogP contribution in [0.5, 0.6) is 0 Å². The number of aromatic nitrogens is 4. The maximum atomic E-state index is 13.5. The molecular formula is C22H25FN6O. The van der Waals surface area contributed by atoms with Gasteiger partial charge in [0.15, 0.2) is 5.65 Å². The smallest absolute Gasteiger partial charge is 0.273 e. The fourth-order valence-corrected chi connectivity index (χ4v) is 4.59. The number of hydrogen-bond donors (Lipinski definition) is 0. The molecule has 5 rings (SSSR count). The number of carbonyl (C=O) groups is 1. The van der Waals surface area contributed by atoms with Gasteiger partial charge in [-0.3, -0.25) is 4.79 Å². The number of amides is 1. The topological polar surface area (TPSA) is 66.6 Å². The van der Waals surface area contributed by atoms with E-state index in [4.69, 9.17) is 10.1 Å². The van der Waals surface area contributed by atoms with Gasteiger partial charge < -0.3 is 9.80 Å². The lowest BCUT2D eigenvalue weighted by Gasteiger charge is -2.34. The van der Waals surface area contributed by atoms with Crippen molar-refractivity contribution < 1.29 is 9.18 Å². The van der Waals surface area contributed by atoms with Gasteiger partial charge in [-0.2, -0.15) is 9.49 Å². The molecule has 156 valence electrons. The molecule has 5 heterocycles. The molecule has 0 aromatic carbocycles. The van der Waals surface area contributed by atoms with Gasteiger partial charge in [-0.15, -0.1) is 0 Å². The van der Waals surface area contributed by atoms with Gasteiger partial charge >= 0.3 is 0 Å². The highest BCUT2D eigenvalue weighted by molar-refractivity contribution is 5.92. The maximum absolute atomic E-state index is 13.5. The van der Waals surface area contributed by atoms with Crippen LogP contribution in [0, 0.1) is 12.9 Å². The molecule has 7 nitrogen and oxygen atoms in total. The lowest BCUT2D eigenvalue weighted by Crippen LogP contribution is -2.39. The van der Waals surface area contributed by atoms with Gasteiger partial charge in [-0.1, -0.05) is 6.07 Å². The minimum absolute atomic E-state index is 0.135. The van der Waals surface area contributed by atoms with Crippen molar-refractivity contribution in [2.24, 2.45) is 0 Å². The second kappa shape index (κ2) is 7.66. The van der Waals surface area contributed by atoms with Crippen LogP contribution >= 0.6 is 0 Å². The first-order chi connectivity index (χ1) is 14.6. The van der Waals surface area contributed by atoms with Crippen molar-refractivity contribution in [2.75, 3.05) is 24.5 Å². The predicted octanol–water partition coefficient (Wildman–Crippen LogP) is 3.54. The monoisotopic (exact) mass is 408 g/mol. The normalized spacial score (nSPS) is 19.6. The van der Waals surface area contributed by atoms with E-state index in [2.05, 4.69) is 16.8 Å². The van der Waals surface area contributed by atoms with Gasteiger partial charge in [-0.25, -0.2) is 14.5 Å². The van der Waals surface area contributed by atoms with Crippen LogP contribution in [-0.4, -0.2) is 50.0 Å². The zero-order valence-corrected chi connectivity index (χ0v) is 17.1. The number of carbonyl (C=O) groups excluding carboxylic acids is 1. The van der Waals surface area contributed by atoms with Crippen LogP contribution in [0.1, 0.15) is 59.9 Å². The number of hydrogen-bond acceptors (Lipinski definition) is 5. The number of rotatable bonds is 3. The average molecular weight is 408 g/mol. The Balaban J connectivity index is 1.48. The van der Waals surface area contributed by atoms with Crippen molar-refractivity contribution in [1.82, 2.24) is 24.5 Å². The van der Waals surface area contributed by atoms with Gasteiger partial charge in [0.25, 0.3) is 5.91 Å². The van der Waals surface area contributed by atoms with E-state index in [-0.39, 0.29) is 17.6 Å². The number of fused-ring (bicyclic) bond motifs is 1. The summed E-state index contributed by atoms with van der Waals surface area (Å²) in [6, 6.07) is 6.15. The molecule has 1 unspecified atom stereocenters. The molecule has 0 radical (unpaired) electrons. The van der Waals surface area contributed by atoms with Crippen LogP contribution < -0.4 is 4.90 Å². The Hall–Kier alpha value is -3.03. The fourth-order valence-electron chi connectivity index (χ4n) is 4.59. The van der Waals surface area contributed by atoms with E-state index in [9.17, 15) is 9.18 Å². The van der Waals surface area contributed by atoms with Crippen LogP contribution in [-0.2, 0) is 0 Å². The van der Waals surface area contributed by atoms with E-state index in [0.29, 0.717) is 6.54 Å². The Morgan fingerprint density at radius 3 is 2.70 bits per heavy atom. The number of pyridine rings is 1. The van der Waals surface area contributed by atoms with Crippen molar-refractivity contribution in [2.45, 2.75) is 45.1 Å². The Kier molecular flexibility index (Phi) is 4.84. The number of piperidine rings is 1. The molecule has 0 saturated carbocycles. The molecule has 2 aliphatic rings. The van der Waals surface area contributed by atoms with Crippen molar-refractivity contribution in [3.63, 3.8) is 0 Å². The Labute approximate surface area is 174 Å². The van der Waals surface area contributed by atoms with Crippen molar-refractivity contribution in [3.05, 3.63) is 53.4 Å². The van der Waals surface area contributed by atoms with Crippen molar-refractivity contribution >= 4 is 17.4 Å². The highest BCUT2D eigenvalue weighted by atomic mass is 19.1. The summed E-state index contributed by atoms with van der Waals surface area (Å²) in [5.41, 5.74) is 2.85. The summed E-state index contributed by atoms with van der Waals surface area (Å²) >= 11 is 0. The second-order valence-electron chi connectivity index (χ2n) is 8.17. The number of likely N-dealkylation sites (tertiary alicyclic amines) is 1. The van der Waals surface area contributed by atoms with Gasteiger partial charge in [0, 0.05) is 37.5 Å². The molecular weight excluding hydrogens is 383 g/mol. The Morgan fingerprint density at radius 1 is 1.10 bits per heavy atom. The minimum Gasteiger partial charge on any atom is -0.356 e. The Morgan fingerprint density at radius 2 is 1.90 bits per heavy atom. The third-order valence-electron chi connectivity index (χ3n) is 6.07. The molecule has 1 amide bonds. The second-order valence-corrected chi connectivity index (χ2v) is 8.17. The average Bonchev–Trinajstić information content (AvgIpc) is 3.42. The Bertz CT molecular complexity index is 1090. The molecule has 0 spiro atoms. The summed E-state index contributed by atoms with van der Waals surface area (Å²) in [5, 5.41) is 4.76. The summed E-state index contributed by atoms with van der Waals surface area (Å²) in [7, 11) is 0. The van der Waals surface area contributed by atoms with Crippen LogP contribution in [0.2, 0.25) is 0 Å². The summed E-state index contributed by atoms with van der Waals surface area (Å²) in [4.78, 5) is 25.8. The van der Waals surface area contributed by atoms with Gasteiger partial charge in [-0.05, 0) is 51.2 Å². The molecule has 0 bridgehead atoms. The van der Waals surface area contributed by atoms with E-state index in [1.807, 2.05) is 16.8 Å². The summed E-state index contributed by atoms with van der Waals surface area (Å²) < 4.78 is 15.4. The molecule has 3 aromatic heterocycles. The quantitative estimate of drug-likeness (QED) is 0.620. The number of halogens is 1. The third-order valence-corrected chi connectivity index (χ3v) is 6.07. The van der Waals surface area contributed by atoms with E-state index < -0.39 is 5.95 Å². The van der Waals surface area contributed by atoms with Crippen LogP contribution in [0.4, 0.5) is 10.2 Å². The largest absolute Gasteiger partial charge is 0.356 e. The van der Waals surface area contributed by atoms with E-state index in [0.717, 1.165) is 55.1 Å². The highest BCUT2D eigenvalue weighted by Crippen LogP contribution is 2.32. The van der Waals surface area contributed by atoms with Crippen molar-refractivity contribution in [1.29, 1.82) is 0 Å². The number of aryl methyl sites for hydroxylation is 1. The molecule has 30 heavy (non-hydrogen) atoms.